The molecular weight excluding hydrogens is 232 g/mol. The third-order valence-corrected chi connectivity index (χ3v) is 2.71. The van der Waals surface area contributed by atoms with E-state index >= 15 is 0 Å². The monoisotopic (exact) mass is 256 g/mol. The molecule has 1 rings (SSSR count). The summed E-state index contributed by atoms with van der Waals surface area (Å²) in [5.74, 6) is 1.21. The van der Waals surface area contributed by atoms with Gasteiger partial charge in [-0.3, -0.25) is 9.79 Å². The standard InChI is InChI=1S/C12H24N4O2/c1-13-12(15-6-3-9-18-2)16-8-7-14-11(17)10-4-5-10/h10H,3-9H2,1-2H3,(H,14,17)(H2,13,15,16). The average Bonchev–Trinajstić information content (AvgIpc) is 3.21. The van der Waals surface area contributed by atoms with Crippen molar-refractivity contribution in [2.75, 3.05) is 40.4 Å². The fourth-order valence-corrected chi connectivity index (χ4v) is 1.50. The van der Waals surface area contributed by atoms with Gasteiger partial charge in [0.25, 0.3) is 0 Å². The highest BCUT2D eigenvalue weighted by Gasteiger charge is 2.28. The molecule has 0 atom stereocenters. The maximum Gasteiger partial charge on any atom is 0.223 e. The van der Waals surface area contributed by atoms with Crippen LogP contribution in [0, 0.1) is 5.92 Å². The Kier molecular flexibility index (Phi) is 7.17. The molecule has 0 aromatic heterocycles. The summed E-state index contributed by atoms with van der Waals surface area (Å²) in [6.07, 6.45) is 3.03. The summed E-state index contributed by atoms with van der Waals surface area (Å²) in [5.41, 5.74) is 0. The molecule has 1 saturated carbocycles. The van der Waals surface area contributed by atoms with Crippen molar-refractivity contribution < 1.29 is 9.53 Å². The van der Waals surface area contributed by atoms with Crippen molar-refractivity contribution in [2.24, 2.45) is 10.9 Å². The molecule has 6 heteroatoms. The van der Waals surface area contributed by atoms with E-state index in [1.165, 1.54) is 0 Å². The number of rotatable bonds is 8. The lowest BCUT2D eigenvalue weighted by molar-refractivity contribution is -0.122. The maximum atomic E-state index is 11.4. The van der Waals surface area contributed by atoms with E-state index in [1.54, 1.807) is 14.2 Å². The van der Waals surface area contributed by atoms with Crippen LogP contribution >= 0.6 is 0 Å². The number of hydrogen-bond acceptors (Lipinski definition) is 3. The number of guanidine groups is 1. The maximum absolute atomic E-state index is 11.4. The van der Waals surface area contributed by atoms with Crippen molar-refractivity contribution in [3.05, 3.63) is 0 Å². The predicted molar refractivity (Wildman–Crippen MR) is 71.6 cm³/mol. The van der Waals surface area contributed by atoms with E-state index in [2.05, 4.69) is 20.9 Å². The first-order valence-corrected chi connectivity index (χ1v) is 6.49. The van der Waals surface area contributed by atoms with Crippen LogP contribution in [0.15, 0.2) is 4.99 Å². The first-order chi connectivity index (χ1) is 8.77. The zero-order chi connectivity index (χ0) is 13.2. The average molecular weight is 256 g/mol. The summed E-state index contributed by atoms with van der Waals surface area (Å²) in [5, 5.41) is 9.21. The van der Waals surface area contributed by atoms with Crippen LogP contribution in [-0.4, -0.2) is 52.3 Å². The molecule has 0 radical (unpaired) electrons. The Hall–Kier alpha value is -1.30. The van der Waals surface area contributed by atoms with Gasteiger partial charge < -0.3 is 20.7 Å². The highest BCUT2D eigenvalue weighted by atomic mass is 16.5. The molecule has 6 nitrogen and oxygen atoms in total. The Bertz CT molecular complexity index is 277. The van der Waals surface area contributed by atoms with Gasteiger partial charge in [0, 0.05) is 46.3 Å². The van der Waals surface area contributed by atoms with E-state index in [0.29, 0.717) is 13.1 Å². The second-order valence-electron chi connectivity index (χ2n) is 4.34. The highest BCUT2D eigenvalue weighted by Crippen LogP contribution is 2.28. The third-order valence-electron chi connectivity index (χ3n) is 2.71. The van der Waals surface area contributed by atoms with Crippen molar-refractivity contribution in [1.29, 1.82) is 0 Å². The summed E-state index contributed by atoms with van der Waals surface area (Å²) >= 11 is 0. The number of aliphatic imine (C=N–C) groups is 1. The van der Waals surface area contributed by atoms with Gasteiger partial charge in [0.1, 0.15) is 0 Å². The van der Waals surface area contributed by atoms with E-state index < -0.39 is 0 Å². The number of nitrogens with zero attached hydrogens (tertiary/aromatic N) is 1. The molecule has 0 aromatic rings. The minimum Gasteiger partial charge on any atom is -0.385 e. The molecule has 104 valence electrons. The first kappa shape index (κ1) is 14.8. The number of carbonyl (C=O) groups excluding carboxylic acids is 1. The minimum absolute atomic E-state index is 0.180. The van der Waals surface area contributed by atoms with Gasteiger partial charge in [0.15, 0.2) is 5.96 Å². The van der Waals surface area contributed by atoms with Gasteiger partial charge >= 0.3 is 0 Å². The molecule has 0 saturated heterocycles. The fraction of sp³-hybridized carbons (Fsp3) is 0.833. The number of hydrogen-bond donors (Lipinski definition) is 3. The molecule has 1 aliphatic rings. The Morgan fingerprint density at radius 1 is 1.22 bits per heavy atom. The number of amides is 1. The van der Waals surface area contributed by atoms with Crippen LogP contribution in [0.1, 0.15) is 19.3 Å². The molecule has 0 aromatic carbocycles. The van der Waals surface area contributed by atoms with Crippen LogP contribution in [0.25, 0.3) is 0 Å². The topological polar surface area (TPSA) is 74.8 Å². The lowest BCUT2D eigenvalue weighted by Gasteiger charge is -2.12. The van der Waals surface area contributed by atoms with Gasteiger partial charge in [-0.2, -0.15) is 0 Å². The number of methoxy groups -OCH3 is 1. The minimum atomic E-state index is 0.180. The van der Waals surface area contributed by atoms with Gasteiger partial charge in [-0.1, -0.05) is 0 Å². The van der Waals surface area contributed by atoms with Gasteiger partial charge in [-0.25, -0.2) is 0 Å². The number of ether oxygens (including phenoxy) is 1. The summed E-state index contributed by atoms with van der Waals surface area (Å²) in [7, 11) is 3.42. The van der Waals surface area contributed by atoms with Crippen LogP contribution < -0.4 is 16.0 Å². The molecule has 0 spiro atoms. The van der Waals surface area contributed by atoms with Crippen molar-refractivity contribution in [3.63, 3.8) is 0 Å². The van der Waals surface area contributed by atoms with E-state index in [4.69, 9.17) is 4.74 Å². The SMILES string of the molecule is CN=C(NCCCOC)NCCNC(=O)C1CC1. The number of nitrogens with one attached hydrogen (secondary N) is 3. The molecular formula is C12H24N4O2. The zero-order valence-electron chi connectivity index (χ0n) is 11.3. The van der Waals surface area contributed by atoms with Crippen molar-refractivity contribution in [3.8, 4) is 0 Å². The summed E-state index contributed by atoms with van der Waals surface area (Å²) in [6, 6.07) is 0. The molecule has 0 heterocycles. The third kappa shape index (κ3) is 6.44. The Balaban J connectivity index is 1.99. The lowest BCUT2D eigenvalue weighted by atomic mass is 10.4. The molecule has 0 unspecified atom stereocenters. The summed E-state index contributed by atoms with van der Waals surface area (Å²) in [6.45, 7) is 2.87. The van der Waals surface area contributed by atoms with E-state index in [-0.39, 0.29) is 11.8 Å². The smallest absolute Gasteiger partial charge is 0.223 e. The van der Waals surface area contributed by atoms with Crippen LogP contribution in [0.3, 0.4) is 0 Å². The second-order valence-corrected chi connectivity index (χ2v) is 4.34. The van der Waals surface area contributed by atoms with Gasteiger partial charge in [0.2, 0.25) is 5.91 Å². The summed E-state index contributed by atoms with van der Waals surface area (Å²) < 4.78 is 4.96. The van der Waals surface area contributed by atoms with Crippen LogP contribution in [0.5, 0.6) is 0 Å². The molecule has 1 aliphatic carbocycles. The highest BCUT2D eigenvalue weighted by molar-refractivity contribution is 5.81. The van der Waals surface area contributed by atoms with Gasteiger partial charge in [-0.05, 0) is 19.3 Å². The van der Waals surface area contributed by atoms with Crippen molar-refractivity contribution in [1.82, 2.24) is 16.0 Å². The van der Waals surface area contributed by atoms with Gasteiger partial charge in [0.05, 0.1) is 0 Å². The summed E-state index contributed by atoms with van der Waals surface area (Å²) in [4.78, 5) is 15.5. The van der Waals surface area contributed by atoms with Gasteiger partial charge in [-0.15, -0.1) is 0 Å². The Morgan fingerprint density at radius 2 is 1.89 bits per heavy atom. The van der Waals surface area contributed by atoms with E-state index in [9.17, 15) is 4.79 Å². The fourth-order valence-electron chi connectivity index (χ4n) is 1.50. The Labute approximate surface area is 109 Å². The second kappa shape index (κ2) is 8.74. The largest absolute Gasteiger partial charge is 0.385 e. The predicted octanol–water partition coefficient (Wildman–Crippen LogP) is -0.286. The normalized spacial score (nSPS) is 15.3. The quantitative estimate of drug-likeness (QED) is 0.317. The van der Waals surface area contributed by atoms with Crippen LogP contribution in [0.2, 0.25) is 0 Å². The molecule has 1 amide bonds. The Morgan fingerprint density at radius 3 is 2.50 bits per heavy atom. The lowest BCUT2D eigenvalue weighted by Crippen LogP contribution is -2.42. The first-order valence-electron chi connectivity index (χ1n) is 6.49. The number of carbonyl (C=O) groups is 1. The van der Waals surface area contributed by atoms with Crippen molar-refractivity contribution in [2.45, 2.75) is 19.3 Å². The van der Waals surface area contributed by atoms with E-state index in [0.717, 1.165) is 38.4 Å². The molecule has 1 fully saturated rings. The molecule has 3 N–H and O–H groups in total. The molecule has 18 heavy (non-hydrogen) atoms. The molecule has 0 bridgehead atoms. The van der Waals surface area contributed by atoms with Crippen LogP contribution in [-0.2, 0) is 9.53 Å². The molecule has 0 aliphatic heterocycles. The zero-order valence-corrected chi connectivity index (χ0v) is 11.3. The van der Waals surface area contributed by atoms with E-state index in [1.807, 2.05) is 0 Å². The van der Waals surface area contributed by atoms with Crippen molar-refractivity contribution >= 4 is 11.9 Å². The van der Waals surface area contributed by atoms with Crippen LogP contribution in [0.4, 0.5) is 0 Å².